The van der Waals surface area contributed by atoms with E-state index in [-0.39, 0.29) is 6.17 Å². The van der Waals surface area contributed by atoms with Gasteiger partial charge in [0.05, 0.1) is 0 Å². The van der Waals surface area contributed by atoms with Gasteiger partial charge in [-0.2, -0.15) is 11.1 Å². The first-order chi connectivity index (χ1) is 5.88. The first kappa shape index (κ1) is 7.70. The van der Waals surface area contributed by atoms with Crippen LogP contribution in [0.3, 0.4) is 0 Å². The molecule has 0 radical (unpaired) electrons. The lowest BCUT2D eigenvalue weighted by Crippen LogP contribution is -2.33. The lowest BCUT2D eigenvalue weighted by atomic mass is 10.1. The van der Waals surface area contributed by atoms with Gasteiger partial charge in [0, 0.05) is 0 Å². The van der Waals surface area contributed by atoms with Crippen molar-refractivity contribution in [2.75, 3.05) is 0 Å². The van der Waals surface area contributed by atoms with Crippen LogP contribution in [0.25, 0.3) is 0 Å². The Morgan fingerprint density at radius 2 is 1.75 bits per heavy atom. The van der Waals surface area contributed by atoms with Gasteiger partial charge in [0.1, 0.15) is 6.17 Å². The first-order valence-electron chi connectivity index (χ1n) is 3.94. The molecule has 1 aliphatic heterocycles. The van der Waals surface area contributed by atoms with Crippen LogP contribution < -0.4 is 21.9 Å². The Hall–Kier alpha value is -0.940. The summed E-state index contributed by atoms with van der Waals surface area (Å²) < 4.78 is 0. The molecule has 0 bridgehead atoms. The van der Waals surface area contributed by atoms with Crippen LogP contribution in [0.4, 0.5) is 0 Å². The lowest BCUT2D eigenvalue weighted by molar-refractivity contribution is 0.552. The topological polar surface area (TPSA) is 48.1 Å². The summed E-state index contributed by atoms with van der Waals surface area (Å²) >= 11 is 0. The van der Waals surface area contributed by atoms with Gasteiger partial charge >= 0.3 is 0 Å². The van der Waals surface area contributed by atoms with Crippen molar-refractivity contribution in [2.24, 2.45) is 0 Å². The van der Waals surface area contributed by atoms with E-state index in [1.807, 2.05) is 12.1 Å². The number of hydrazine groups is 3. The second-order valence-electron chi connectivity index (χ2n) is 2.83. The Morgan fingerprint density at radius 3 is 2.42 bits per heavy atom. The average molecular weight is 164 g/mol. The average Bonchev–Trinajstić information content (AvgIpc) is 2.57. The fraction of sp³-hybridized carbons (Fsp3) is 0.250. The Labute approximate surface area is 71.3 Å². The van der Waals surface area contributed by atoms with Crippen LogP contribution in [0.1, 0.15) is 17.3 Å². The van der Waals surface area contributed by atoms with Crippen LogP contribution in [0.5, 0.6) is 0 Å². The summed E-state index contributed by atoms with van der Waals surface area (Å²) in [7, 11) is 0. The Balaban J connectivity index is 2.26. The summed E-state index contributed by atoms with van der Waals surface area (Å²) in [6, 6.07) is 8.25. The van der Waals surface area contributed by atoms with Crippen molar-refractivity contribution in [2.45, 2.75) is 13.1 Å². The van der Waals surface area contributed by atoms with Gasteiger partial charge in [-0.3, -0.25) is 0 Å². The van der Waals surface area contributed by atoms with E-state index in [0.717, 1.165) is 0 Å². The summed E-state index contributed by atoms with van der Waals surface area (Å²) in [4.78, 5) is 0. The predicted octanol–water partition coefficient (Wildman–Crippen LogP) is 0.111. The van der Waals surface area contributed by atoms with E-state index in [2.05, 4.69) is 41.0 Å². The zero-order valence-electron chi connectivity index (χ0n) is 6.89. The third-order valence-electron chi connectivity index (χ3n) is 1.99. The molecule has 64 valence electrons. The molecule has 1 saturated heterocycles. The first-order valence-corrected chi connectivity index (χ1v) is 3.94. The molecule has 0 atom stereocenters. The number of benzene rings is 1. The van der Waals surface area contributed by atoms with Gasteiger partial charge in [-0.15, -0.1) is 0 Å². The van der Waals surface area contributed by atoms with Crippen molar-refractivity contribution < 1.29 is 0 Å². The Kier molecular flexibility index (Phi) is 2.05. The summed E-state index contributed by atoms with van der Waals surface area (Å²) in [5.41, 5.74) is 14.2. The summed E-state index contributed by atoms with van der Waals surface area (Å²) in [6.07, 6.45) is 0.145. The van der Waals surface area contributed by atoms with Crippen LogP contribution in [0.15, 0.2) is 24.3 Å². The normalized spacial score (nSPS) is 18.4. The second-order valence-corrected chi connectivity index (χ2v) is 2.83. The zero-order chi connectivity index (χ0) is 8.39. The van der Waals surface area contributed by atoms with E-state index in [0.29, 0.717) is 0 Å². The molecule has 1 fully saturated rings. The summed E-state index contributed by atoms with van der Waals surface area (Å²) in [6.45, 7) is 2.09. The molecule has 0 amide bonds. The zero-order valence-corrected chi connectivity index (χ0v) is 6.89. The molecule has 4 nitrogen and oxygen atoms in total. The molecule has 4 N–H and O–H groups in total. The van der Waals surface area contributed by atoms with E-state index in [1.165, 1.54) is 11.1 Å². The van der Waals surface area contributed by atoms with Crippen LogP contribution in [-0.2, 0) is 0 Å². The van der Waals surface area contributed by atoms with E-state index in [9.17, 15) is 0 Å². The Bertz CT molecular complexity index is 268. The van der Waals surface area contributed by atoms with Gasteiger partial charge < -0.3 is 0 Å². The molecule has 1 aliphatic rings. The number of nitrogens with one attached hydrogen (secondary N) is 4. The molecule has 4 heteroatoms. The molecule has 0 aliphatic carbocycles. The van der Waals surface area contributed by atoms with Crippen molar-refractivity contribution in [1.29, 1.82) is 0 Å². The standard InChI is InChI=1S/C8H12N4/c1-6-4-2-3-5-7(6)8-9-11-12-10-8/h2-5,8-12H,1H3. The van der Waals surface area contributed by atoms with Crippen LogP contribution >= 0.6 is 0 Å². The maximum atomic E-state index is 3.04. The van der Waals surface area contributed by atoms with Gasteiger partial charge in [0.25, 0.3) is 0 Å². The summed E-state index contributed by atoms with van der Waals surface area (Å²) in [5, 5.41) is 0. The number of hydrogen-bond donors (Lipinski definition) is 4. The van der Waals surface area contributed by atoms with Gasteiger partial charge in [0.2, 0.25) is 0 Å². The largest absolute Gasteiger partial charge is 0.221 e. The number of rotatable bonds is 1. The van der Waals surface area contributed by atoms with Gasteiger partial charge in [-0.1, -0.05) is 24.3 Å². The molecule has 0 unspecified atom stereocenters. The molecule has 0 aromatic heterocycles. The SMILES string of the molecule is Cc1ccccc1C1NNNN1. The van der Waals surface area contributed by atoms with E-state index in [4.69, 9.17) is 0 Å². The van der Waals surface area contributed by atoms with E-state index < -0.39 is 0 Å². The van der Waals surface area contributed by atoms with Gasteiger partial charge in [-0.05, 0) is 18.1 Å². The Morgan fingerprint density at radius 1 is 1.08 bits per heavy atom. The number of aryl methyl sites for hydroxylation is 1. The second kappa shape index (κ2) is 3.20. The molecule has 1 heterocycles. The third kappa shape index (κ3) is 1.33. The highest BCUT2D eigenvalue weighted by atomic mass is 15.8. The van der Waals surface area contributed by atoms with E-state index in [1.54, 1.807) is 0 Å². The van der Waals surface area contributed by atoms with Gasteiger partial charge in [-0.25, -0.2) is 10.9 Å². The smallest absolute Gasteiger partial charge is 0.112 e. The minimum atomic E-state index is 0.145. The fourth-order valence-corrected chi connectivity index (χ4v) is 1.32. The highest BCUT2D eigenvalue weighted by Crippen LogP contribution is 2.14. The van der Waals surface area contributed by atoms with Gasteiger partial charge in [0.15, 0.2) is 0 Å². The molecule has 2 rings (SSSR count). The maximum Gasteiger partial charge on any atom is 0.112 e. The van der Waals surface area contributed by atoms with Crippen molar-refractivity contribution >= 4 is 0 Å². The maximum absolute atomic E-state index is 3.04. The minimum absolute atomic E-state index is 0.145. The van der Waals surface area contributed by atoms with Crippen molar-refractivity contribution in [3.05, 3.63) is 35.4 Å². The molecule has 12 heavy (non-hydrogen) atoms. The predicted molar refractivity (Wildman–Crippen MR) is 46.5 cm³/mol. The van der Waals surface area contributed by atoms with Crippen LogP contribution in [0, 0.1) is 6.92 Å². The van der Waals surface area contributed by atoms with Crippen molar-refractivity contribution in [1.82, 2.24) is 21.9 Å². The molecule has 1 aromatic carbocycles. The molecular formula is C8H12N4. The minimum Gasteiger partial charge on any atom is -0.221 e. The fourth-order valence-electron chi connectivity index (χ4n) is 1.32. The summed E-state index contributed by atoms with van der Waals surface area (Å²) in [5.74, 6) is 0. The van der Waals surface area contributed by atoms with Crippen molar-refractivity contribution in [3.63, 3.8) is 0 Å². The van der Waals surface area contributed by atoms with E-state index >= 15 is 0 Å². The van der Waals surface area contributed by atoms with Crippen molar-refractivity contribution in [3.8, 4) is 0 Å². The highest BCUT2D eigenvalue weighted by Gasteiger charge is 2.15. The monoisotopic (exact) mass is 164 g/mol. The molecule has 1 aromatic rings. The highest BCUT2D eigenvalue weighted by molar-refractivity contribution is 5.28. The van der Waals surface area contributed by atoms with Crippen LogP contribution in [0.2, 0.25) is 0 Å². The quantitative estimate of drug-likeness (QED) is 0.476. The van der Waals surface area contributed by atoms with Crippen LogP contribution in [-0.4, -0.2) is 0 Å². The lowest BCUT2D eigenvalue weighted by Gasteiger charge is -2.11. The molecule has 0 spiro atoms. The molecule has 0 saturated carbocycles. The molecular weight excluding hydrogens is 152 g/mol. The number of hydrogen-bond acceptors (Lipinski definition) is 4. The third-order valence-corrected chi connectivity index (χ3v) is 1.99.